The smallest absolute Gasteiger partial charge is 0.267 e. The van der Waals surface area contributed by atoms with E-state index in [9.17, 15) is 19.2 Å². The fourth-order valence-corrected chi connectivity index (χ4v) is 14.2. The third-order valence-corrected chi connectivity index (χ3v) is 20.4. The number of likely N-dealkylation sites (tertiary alicyclic amines) is 1. The molecule has 8 aromatic carbocycles. The summed E-state index contributed by atoms with van der Waals surface area (Å²) in [6.07, 6.45) is 22.3. The molecule has 1 saturated heterocycles. The molecule has 1 aliphatic heterocycles. The van der Waals surface area contributed by atoms with Gasteiger partial charge in [0.05, 0.1) is 50.7 Å². The van der Waals surface area contributed by atoms with Crippen molar-refractivity contribution >= 4 is 92.1 Å². The van der Waals surface area contributed by atoms with Gasteiger partial charge in [0.1, 0.15) is 23.3 Å². The first-order valence-corrected chi connectivity index (χ1v) is 40.1. The summed E-state index contributed by atoms with van der Waals surface area (Å²) in [5.41, 5.74) is 23.1. The molecule has 0 aliphatic carbocycles. The Morgan fingerprint density at radius 1 is 0.379 bits per heavy atom. The number of hydrogen-bond donors (Lipinski definition) is 9. The Morgan fingerprint density at radius 3 is 1.08 bits per heavy atom. The highest BCUT2D eigenvalue weighted by molar-refractivity contribution is 5.94. The molecule has 116 heavy (non-hydrogen) atoms. The SMILES string of the molecule is CCN(CC)CCn1c(CCc2ccccc2)nc2cc(/C=C/C(=O)NO)ccc21.CCn1c(CNCc2ccccc2)nc2cc(/C=C/C(=O)NO)ccc21.CN(C)CCCn1c(CCc2ccccc2)nc2cc(/C=C/C(=O)NO)ccc21.O=C(/C=C/c1ccc2c(c1)nc(CCc1ccccc1)n2CCN1CCCCC1)NO. The van der Waals surface area contributed by atoms with Crippen LogP contribution in [0.4, 0.5) is 0 Å². The molecule has 12 aromatic rings. The molecule has 24 heteroatoms. The molecule has 24 nitrogen and oxygen atoms in total. The number of nitrogens with one attached hydrogen (secondary N) is 5. The van der Waals surface area contributed by atoms with Crippen molar-refractivity contribution in [1.82, 2.24) is 80.1 Å². The Balaban J connectivity index is 0.000000164. The Morgan fingerprint density at radius 2 is 0.724 bits per heavy atom. The second kappa shape index (κ2) is 45.9. The molecule has 1 aliphatic rings. The molecule has 606 valence electrons. The Hall–Kier alpha value is -11.8. The summed E-state index contributed by atoms with van der Waals surface area (Å²) in [7, 11) is 4.17. The van der Waals surface area contributed by atoms with Crippen LogP contribution in [0.5, 0.6) is 0 Å². The Bertz CT molecular complexity index is 5220. The van der Waals surface area contributed by atoms with E-state index in [0.717, 1.165) is 200 Å². The van der Waals surface area contributed by atoms with Crippen molar-refractivity contribution in [2.24, 2.45) is 0 Å². The van der Waals surface area contributed by atoms with E-state index in [2.05, 4.69) is 176 Å². The van der Waals surface area contributed by atoms with Crippen molar-refractivity contribution in [3.8, 4) is 0 Å². The number of likely N-dealkylation sites (N-methyl/N-ethyl adjacent to an activating group) is 1. The zero-order chi connectivity index (χ0) is 81.8. The number of carbonyl (C=O) groups excluding carboxylic acids is 4. The summed E-state index contributed by atoms with van der Waals surface area (Å²) in [6, 6.07) is 65.7. The van der Waals surface area contributed by atoms with Crippen LogP contribution in [0.1, 0.15) is 114 Å². The minimum Gasteiger partial charge on any atom is -0.328 e. The molecule has 0 spiro atoms. The molecule has 0 bridgehead atoms. The highest BCUT2D eigenvalue weighted by Gasteiger charge is 2.19. The van der Waals surface area contributed by atoms with Gasteiger partial charge < -0.3 is 38.3 Å². The second-order valence-electron chi connectivity index (χ2n) is 28.7. The first-order chi connectivity index (χ1) is 56.6. The van der Waals surface area contributed by atoms with Gasteiger partial charge in [-0.05, 0) is 210 Å². The number of hydrogen-bond acceptors (Lipinski definition) is 16. The van der Waals surface area contributed by atoms with E-state index in [1.165, 1.54) is 78.9 Å². The molecule has 4 aromatic heterocycles. The number of hydroxylamine groups is 4. The van der Waals surface area contributed by atoms with Gasteiger partial charge in [-0.15, -0.1) is 0 Å². The third-order valence-electron chi connectivity index (χ3n) is 20.4. The zero-order valence-electron chi connectivity index (χ0n) is 67.2. The van der Waals surface area contributed by atoms with Crippen LogP contribution in [0.25, 0.3) is 68.4 Å². The predicted octanol–water partition coefficient (Wildman–Crippen LogP) is 13.7. The Labute approximate surface area is 679 Å². The van der Waals surface area contributed by atoms with Crippen molar-refractivity contribution in [1.29, 1.82) is 0 Å². The zero-order valence-corrected chi connectivity index (χ0v) is 67.2. The van der Waals surface area contributed by atoms with Gasteiger partial charge in [0.15, 0.2) is 0 Å². The average Bonchev–Trinajstić information content (AvgIpc) is 1.67. The number of nitrogens with zero attached hydrogens (tertiary/aromatic N) is 11. The summed E-state index contributed by atoms with van der Waals surface area (Å²) < 4.78 is 9.18. The number of rotatable bonds is 34. The number of aryl methyl sites for hydroxylation is 8. The van der Waals surface area contributed by atoms with Crippen LogP contribution in [0.15, 0.2) is 218 Å². The van der Waals surface area contributed by atoms with Gasteiger partial charge in [0, 0.05) is 89.4 Å². The van der Waals surface area contributed by atoms with Gasteiger partial charge in [0.2, 0.25) is 0 Å². The molecule has 0 radical (unpaired) electrons. The van der Waals surface area contributed by atoms with E-state index < -0.39 is 23.6 Å². The minimum atomic E-state index is -0.560. The standard InChI is InChI=1S/C25H30N4O2.C24H30N4O2.C23H28N4O2.C20H22N4O2/c30-25(27-31)14-11-21-9-12-23-22(19-21)26-24(13-10-20-7-3-1-4-8-20)29(23)18-17-28-15-5-2-6-16-28;1-3-27(4-2)16-17-28-22-13-10-20(12-15-24(29)26-30)18-21(22)25-23(28)14-11-19-8-6-5-7-9-19;1-26(2)15-6-16-27-21-12-9-19(11-14-23(28)25-29)17-20(21)24-22(27)13-10-18-7-4-3-5-8-18;1-2-24-18-10-8-15(9-11-20(25)23-26)12-17(18)22-19(24)14-21-13-16-6-4-3-5-7-16/h1,3-4,7-9,11-12,14,19,31H,2,5-6,10,13,15-18H2,(H,27,30);5-10,12-13,15,18,30H,3-4,11,14,16-17H2,1-2H3,(H,26,29);3-5,7-9,11-12,14,17,29H,6,10,13,15-16H2,1-2H3,(H,25,28);3-12,21,26H,2,13-14H2,1H3,(H,23,25)/b14-11+;15-12+;14-11+;11-9+. The molecule has 9 N–H and O–H groups in total. The first kappa shape index (κ1) is 86.6. The lowest BCUT2D eigenvalue weighted by molar-refractivity contribution is -0.124. The lowest BCUT2D eigenvalue weighted by Crippen LogP contribution is -2.32. The van der Waals surface area contributed by atoms with Gasteiger partial charge >= 0.3 is 0 Å². The average molecular weight is 1570 g/mol. The van der Waals surface area contributed by atoms with Crippen LogP contribution in [0.2, 0.25) is 0 Å². The molecule has 13 rings (SSSR count). The quantitative estimate of drug-likeness (QED) is 0.0103. The van der Waals surface area contributed by atoms with E-state index in [1.807, 2.05) is 91.0 Å². The van der Waals surface area contributed by atoms with E-state index in [0.29, 0.717) is 6.54 Å². The van der Waals surface area contributed by atoms with Gasteiger partial charge in [-0.1, -0.05) is 166 Å². The van der Waals surface area contributed by atoms with Crippen LogP contribution in [-0.4, -0.2) is 157 Å². The van der Waals surface area contributed by atoms with Gasteiger partial charge in [-0.25, -0.2) is 41.9 Å². The maximum atomic E-state index is 11.3. The van der Waals surface area contributed by atoms with E-state index in [1.54, 1.807) is 46.2 Å². The van der Waals surface area contributed by atoms with Crippen molar-refractivity contribution in [3.63, 3.8) is 0 Å². The number of imidazole rings is 4. The summed E-state index contributed by atoms with van der Waals surface area (Å²) >= 11 is 0. The van der Waals surface area contributed by atoms with Crippen LogP contribution >= 0.6 is 0 Å². The molecule has 4 amide bonds. The lowest BCUT2D eigenvalue weighted by Gasteiger charge is -2.26. The van der Waals surface area contributed by atoms with Crippen molar-refractivity contribution in [2.75, 3.05) is 59.9 Å². The maximum Gasteiger partial charge on any atom is 0.267 e. The minimum absolute atomic E-state index is 0.546. The lowest BCUT2D eigenvalue weighted by atomic mass is 10.1. The second-order valence-corrected chi connectivity index (χ2v) is 28.7. The molecule has 1 fully saturated rings. The van der Waals surface area contributed by atoms with Crippen molar-refractivity contribution in [3.05, 3.63) is 286 Å². The molecular weight excluding hydrogens is 1460 g/mol. The molecule has 0 unspecified atom stereocenters. The Kier molecular flexibility index (Phi) is 34.3. The third kappa shape index (κ3) is 26.4. The van der Waals surface area contributed by atoms with Crippen molar-refractivity contribution in [2.45, 2.75) is 124 Å². The number of fused-ring (bicyclic) bond motifs is 4. The summed E-state index contributed by atoms with van der Waals surface area (Å²) in [4.78, 5) is 71.6. The van der Waals surface area contributed by atoms with Crippen molar-refractivity contribution < 1.29 is 40.0 Å². The summed E-state index contributed by atoms with van der Waals surface area (Å²) in [6.45, 7) is 19.0. The number of amides is 4. The van der Waals surface area contributed by atoms with Gasteiger partial charge in [-0.3, -0.25) is 40.0 Å². The first-order valence-electron chi connectivity index (χ1n) is 40.1. The summed E-state index contributed by atoms with van der Waals surface area (Å²) in [5, 5.41) is 37.9. The predicted molar refractivity (Wildman–Crippen MR) is 460 cm³/mol. The fourth-order valence-electron chi connectivity index (χ4n) is 14.2. The highest BCUT2D eigenvalue weighted by atomic mass is 16.5. The fraction of sp³-hybridized carbons (Fsp3) is 0.304. The van der Waals surface area contributed by atoms with E-state index in [4.69, 9.17) is 40.8 Å². The van der Waals surface area contributed by atoms with Gasteiger partial charge in [0.25, 0.3) is 23.6 Å². The van der Waals surface area contributed by atoms with E-state index >= 15 is 0 Å². The normalized spacial score (nSPS) is 12.4. The molecule has 0 saturated carbocycles. The number of benzene rings is 8. The van der Waals surface area contributed by atoms with E-state index in [-0.39, 0.29) is 0 Å². The molecule has 5 heterocycles. The highest BCUT2D eigenvalue weighted by Crippen LogP contribution is 2.26. The maximum absolute atomic E-state index is 11.3. The monoisotopic (exact) mass is 1570 g/mol. The van der Waals surface area contributed by atoms with Gasteiger partial charge in [-0.2, -0.15) is 0 Å². The van der Waals surface area contributed by atoms with Crippen LogP contribution in [-0.2, 0) is 97.0 Å². The largest absolute Gasteiger partial charge is 0.328 e. The number of piperidine rings is 1. The number of aromatic nitrogens is 8. The van der Waals surface area contributed by atoms with Crippen LogP contribution in [0.3, 0.4) is 0 Å². The molecular formula is C92H110N16O8. The number of carbonyl (C=O) groups is 4. The van der Waals surface area contributed by atoms with Crippen LogP contribution < -0.4 is 27.2 Å². The molecule has 0 atom stereocenters. The topological polar surface area (TPSA) is 290 Å². The van der Waals surface area contributed by atoms with Crippen LogP contribution in [0, 0.1) is 0 Å². The summed E-state index contributed by atoms with van der Waals surface area (Å²) in [5.74, 6) is 2.03.